The number of thiazole rings is 1. The average Bonchev–Trinajstić information content (AvgIpc) is 3.25. The lowest BCUT2D eigenvalue weighted by Gasteiger charge is -2.44. The minimum atomic E-state index is -2.55. The van der Waals surface area contributed by atoms with Crippen LogP contribution in [-0.4, -0.2) is 25.2 Å². The van der Waals surface area contributed by atoms with E-state index in [2.05, 4.69) is 129 Å². The first-order valence-corrected chi connectivity index (χ1v) is 15.0. The fourth-order valence-electron chi connectivity index (χ4n) is 4.09. The van der Waals surface area contributed by atoms with Gasteiger partial charge < -0.3 is 4.43 Å². The van der Waals surface area contributed by atoms with E-state index in [9.17, 15) is 0 Å². The van der Waals surface area contributed by atoms with Gasteiger partial charge in [-0.1, -0.05) is 123 Å². The Kier molecular flexibility index (Phi) is 8.31. The summed E-state index contributed by atoms with van der Waals surface area (Å²) in [7, 11) is -2.55. The molecule has 5 heteroatoms. The van der Waals surface area contributed by atoms with E-state index < -0.39 is 8.32 Å². The van der Waals surface area contributed by atoms with Crippen LogP contribution in [0.4, 0.5) is 0 Å². The standard InChI is InChI=1S/C27H34BrNOSSi/c1-26(2,3)32(23-15-8-6-9-16-23,24-17-10-7-11-18-24)30-21-27(4,5)25-29-22(20-31-25)14-12-13-19-28/h6-13,15-18,20H,14,19,21H2,1-5H3/b13-12+. The van der Waals surface area contributed by atoms with Crippen molar-refractivity contribution in [2.24, 2.45) is 0 Å². The Labute approximate surface area is 207 Å². The van der Waals surface area contributed by atoms with Gasteiger partial charge in [0.15, 0.2) is 0 Å². The third kappa shape index (κ3) is 5.50. The molecule has 32 heavy (non-hydrogen) atoms. The summed E-state index contributed by atoms with van der Waals surface area (Å²) in [4.78, 5) is 4.95. The van der Waals surface area contributed by atoms with Crippen molar-refractivity contribution in [2.75, 3.05) is 11.9 Å². The molecular weight excluding hydrogens is 494 g/mol. The van der Waals surface area contributed by atoms with Crippen molar-refractivity contribution in [2.45, 2.75) is 51.5 Å². The molecule has 0 amide bonds. The lowest BCUT2D eigenvalue weighted by molar-refractivity contribution is 0.226. The van der Waals surface area contributed by atoms with E-state index in [1.807, 2.05) is 0 Å². The molecule has 0 radical (unpaired) electrons. The normalized spacial score (nSPS) is 13.1. The summed E-state index contributed by atoms with van der Waals surface area (Å²) >= 11 is 5.18. The van der Waals surface area contributed by atoms with Crippen LogP contribution in [-0.2, 0) is 16.3 Å². The zero-order valence-electron chi connectivity index (χ0n) is 19.8. The monoisotopic (exact) mass is 527 g/mol. The van der Waals surface area contributed by atoms with Crippen LogP contribution in [0.5, 0.6) is 0 Å². The van der Waals surface area contributed by atoms with Crippen molar-refractivity contribution in [3.63, 3.8) is 0 Å². The van der Waals surface area contributed by atoms with E-state index in [1.54, 1.807) is 11.3 Å². The fraction of sp³-hybridized carbons (Fsp3) is 0.370. The van der Waals surface area contributed by atoms with Crippen LogP contribution in [0.25, 0.3) is 0 Å². The molecule has 2 nitrogen and oxygen atoms in total. The van der Waals surface area contributed by atoms with Crippen LogP contribution in [0.3, 0.4) is 0 Å². The molecule has 3 rings (SSSR count). The molecule has 0 aliphatic rings. The quantitative estimate of drug-likeness (QED) is 0.180. The largest absolute Gasteiger partial charge is 0.406 e. The van der Waals surface area contributed by atoms with E-state index >= 15 is 0 Å². The minimum Gasteiger partial charge on any atom is -0.406 e. The van der Waals surface area contributed by atoms with Crippen molar-refractivity contribution < 1.29 is 4.43 Å². The molecule has 1 aromatic heterocycles. The summed E-state index contributed by atoms with van der Waals surface area (Å²) in [6.45, 7) is 12.1. The lowest BCUT2D eigenvalue weighted by atomic mass is 9.96. The summed E-state index contributed by atoms with van der Waals surface area (Å²) in [5.74, 6) is 0. The van der Waals surface area contributed by atoms with Crippen LogP contribution in [0, 0.1) is 0 Å². The Balaban J connectivity index is 1.96. The van der Waals surface area contributed by atoms with Gasteiger partial charge in [0.25, 0.3) is 8.32 Å². The number of benzene rings is 2. The van der Waals surface area contributed by atoms with Crippen molar-refractivity contribution in [1.29, 1.82) is 0 Å². The Morgan fingerprint density at radius 2 is 1.47 bits per heavy atom. The number of alkyl halides is 1. The second-order valence-corrected chi connectivity index (χ2v) is 15.6. The number of rotatable bonds is 9. The van der Waals surface area contributed by atoms with Gasteiger partial charge in [-0.15, -0.1) is 11.3 Å². The van der Waals surface area contributed by atoms with Gasteiger partial charge in [-0.25, -0.2) is 4.98 Å². The van der Waals surface area contributed by atoms with Crippen LogP contribution in [0.1, 0.15) is 45.3 Å². The van der Waals surface area contributed by atoms with E-state index in [1.165, 1.54) is 10.4 Å². The van der Waals surface area contributed by atoms with Crippen LogP contribution in [0.2, 0.25) is 5.04 Å². The summed E-state index contributed by atoms with van der Waals surface area (Å²) in [6.07, 6.45) is 5.16. The molecule has 0 fully saturated rings. The molecule has 0 saturated carbocycles. The van der Waals surface area contributed by atoms with E-state index in [0.29, 0.717) is 6.61 Å². The Hall–Kier alpha value is -1.53. The highest BCUT2D eigenvalue weighted by molar-refractivity contribution is 9.09. The highest BCUT2D eigenvalue weighted by atomic mass is 79.9. The molecule has 0 spiro atoms. The molecule has 0 atom stereocenters. The third-order valence-electron chi connectivity index (χ3n) is 5.78. The molecule has 3 aromatic rings. The third-order valence-corrected chi connectivity index (χ3v) is 12.4. The van der Waals surface area contributed by atoms with Gasteiger partial charge in [-0.3, -0.25) is 0 Å². The first-order valence-electron chi connectivity index (χ1n) is 11.1. The summed E-state index contributed by atoms with van der Waals surface area (Å²) < 4.78 is 7.18. The predicted molar refractivity (Wildman–Crippen MR) is 145 cm³/mol. The minimum absolute atomic E-state index is 0.0275. The van der Waals surface area contributed by atoms with E-state index in [0.717, 1.165) is 22.5 Å². The topological polar surface area (TPSA) is 22.1 Å². The molecule has 170 valence electrons. The first kappa shape index (κ1) is 25.1. The van der Waals surface area contributed by atoms with Crippen LogP contribution in [0.15, 0.2) is 78.2 Å². The number of halogens is 1. The molecule has 0 bridgehead atoms. The smallest absolute Gasteiger partial charge is 0.261 e. The molecule has 0 aliphatic carbocycles. The number of aromatic nitrogens is 1. The second kappa shape index (κ2) is 10.6. The maximum atomic E-state index is 7.18. The highest BCUT2D eigenvalue weighted by Gasteiger charge is 2.51. The average molecular weight is 529 g/mol. The molecule has 1 heterocycles. The van der Waals surface area contributed by atoms with Crippen molar-refractivity contribution in [3.05, 3.63) is 88.9 Å². The zero-order valence-corrected chi connectivity index (χ0v) is 23.2. The van der Waals surface area contributed by atoms with Gasteiger partial charge in [-0.2, -0.15) is 0 Å². The van der Waals surface area contributed by atoms with Crippen LogP contribution < -0.4 is 10.4 Å². The number of hydrogen-bond acceptors (Lipinski definition) is 3. The summed E-state index contributed by atoms with van der Waals surface area (Å²) in [6, 6.07) is 21.7. The fourth-order valence-corrected chi connectivity index (χ4v) is 10.0. The Bertz CT molecular complexity index is 969. The van der Waals surface area contributed by atoms with Gasteiger partial charge >= 0.3 is 0 Å². The summed E-state index contributed by atoms with van der Waals surface area (Å²) in [5.41, 5.74) is 0.954. The van der Waals surface area contributed by atoms with Crippen molar-refractivity contribution >= 4 is 46.0 Å². The van der Waals surface area contributed by atoms with E-state index in [4.69, 9.17) is 9.41 Å². The maximum Gasteiger partial charge on any atom is 0.261 e. The lowest BCUT2D eigenvalue weighted by Crippen LogP contribution is -2.67. The van der Waals surface area contributed by atoms with Gasteiger partial charge in [0.2, 0.25) is 0 Å². The van der Waals surface area contributed by atoms with Gasteiger partial charge in [-0.05, 0) is 15.4 Å². The van der Waals surface area contributed by atoms with Crippen LogP contribution >= 0.6 is 27.3 Å². The van der Waals surface area contributed by atoms with Crippen molar-refractivity contribution in [3.8, 4) is 0 Å². The predicted octanol–water partition coefficient (Wildman–Crippen LogP) is 6.49. The second-order valence-electron chi connectivity index (χ2n) is 9.81. The molecule has 0 unspecified atom stereocenters. The SMILES string of the molecule is CC(C)(CO[Si](c1ccccc1)(c1ccccc1)C(C)(C)C)c1nc(C/C=C/CBr)cs1. The van der Waals surface area contributed by atoms with E-state index in [-0.39, 0.29) is 10.5 Å². The Morgan fingerprint density at radius 1 is 0.906 bits per heavy atom. The Morgan fingerprint density at radius 3 is 1.97 bits per heavy atom. The highest BCUT2D eigenvalue weighted by Crippen LogP contribution is 2.38. The number of hydrogen-bond donors (Lipinski definition) is 0. The van der Waals surface area contributed by atoms with Gasteiger partial charge in [0, 0.05) is 29.2 Å². The summed E-state index contributed by atoms with van der Waals surface area (Å²) in [5, 5.41) is 6.79. The first-order chi connectivity index (χ1) is 15.2. The maximum absolute atomic E-state index is 7.18. The number of allylic oxidation sites excluding steroid dienone is 2. The molecule has 2 aromatic carbocycles. The molecule has 0 aliphatic heterocycles. The number of nitrogens with zero attached hydrogens (tertiary/aromatic N) is 1. The molecule has 0 N–H and O–H groups in total. The molecular formula is C27H34BrNOSSi. The zero-order chi connectivity index (χ0) is 23.2. The van der Waals surface area contributed by atoms with Gasteiger partial charge in [0.05, 0.1) is 5.69 Å². The van der Waals surface area contributed by atoms with Crippen molar-refractivity contribution in [1.82, 2.24) is 4.98 Å². The molecule has 0 saturated heterocycles. The van der Waals surface area contributed by atoms with Gasteiger partial charge in [0.1, 0.15) is 5.01 Å².